The van der Waals surface area contributed by atoms with E-state index in [0.717, 1.165) is 11.3 Å². The molecule has 6 nitrogen and oxygen atoms in total. The monoisotopic (exact) mass is 433 g/mol. The van der Waals surface area contributed by atoms with Crippen molar-refractivity contribution in [2.45, 2.75) is 19.9 Å². The number of thiazole rings is 1. The average molecular weight is 434 g/mol. The fraction of sp³-hybridized carbons (Fsp3) is 0.208. The maximum absolute atomic E-state index is 13.4. The molecule has 0 spiro atoms. The number of carbonyl (C=O) groups excluding carboxylic acids is 1. The number of anilines is 1. The summed E-state index contributed by atoms with van der Waals surface area (Å²) < 4.78 is 2.04. The van der Waals surface area contributed by atoms with Crippen molar-refractivity contribution in [3.05, 3.63) is 90.6 Å². The number of allylic oxidation sites excluding steroid dienone is 2. The van der Waals surface area contributed by atoms with E-state index >= 15 is 0 Å². The number of benzene rings is 2. The van der Waals surface area contributed by atoms with Gasteiger partial charge in [0, 0.05) is 36.6 Å². The number of fused-ring (bicyclic) bond motifs is 1. The molecule has 0 aliphatic carbocycles. The van der Waals surface area contributed by atoms with Crippen molar-refractivity contribution in [2.24, 2.45) is 4.99 Å². The number of aromatic hydroxyl groups is 1. The zero-order valence-corrected chi connectivity index (χ0v) is 18.6. The van der Waals surface area contributed by atoms with Crippen LogP contribution in [0.25, 0.3) is 6.08 Å². The van der Waals surface area contributed by atoms with Crippen molar-refractivity contribution in [1.29, 1.82) is 0 Å². The smallest absolute Gasteiger partial charge is 0.271 e. The Morgan fingerprint density at radius 1 is 1.16 bits per heavy atom. The molecule has 0 amide bonds. The first-order chi connectivity index (χ1) is 14.8. The topological polar surface area (TPSA) is 74.9 Å². The minimum absolute atomic E-state index is 0.102. The van der Waals surface area contributed by atoms with Crippen LogP contribution in [0.4, 0.5) is 5.69 Å². The lowest BCUT2D eigenvalue weighted by Gasteiger charge is -2.25. The van der Waals surface area contributed by atoms with Crippen molar-refractivity contribution >= 4 is 28.9 Å². The molecule has 158 valence electrons. The number of rotatable bonds is 4. The summed E-state index contributed by atoms with van der Waals surface area (Å²) in [4.78, 5) is 33.1. The van der Waals surface area contributed by atoms with Crippen molar-refractivity contribution in [3.63, 3.8) is 0 Å². The van der Waals surface area contributed by atoms with Crippen LogP contribution in [0.2, 0.25) is 0 Å². The third-order valence-corrected chi connectivity index (χ3v) is 6.33. The van der Waals surface area contributed by atoms with Gasteiger partial charge in [-0.2, -0.15) is 0 Å². The molecular formula is C24H23N3O3S. The summed E-state index contributed by atoms with van der Waals surface area (Å²) in [5.74, 6) is -0.0114. The minimum atomic E-state index is -0.545. The van der Waals surface area contributed by atoms with Gasteiger partial charge in [-0.25, -0.2) is 4.99 Å². The predicted molar refractivity (Wildman–Crippen MR) is 123 cm³/mol. The highest BCUT2D eigenvalue weighted by molar-refractivity contribution is 7.07. The number of ketones is 1. The van der Waals surface area contributed by atoms with Gasteiger partial charge in [0.05, 0.1) is 10.6 Å². The van der Waals surface area contributed by atoms with Gasteiger partial charge in [-0.05, 0) is 43.7 Å². The van der Waals surface area contributed by atoms with Crippen LogP contribution in [-0.4, -0.2) is 29.6 Å². The van der Waals surface area contributed by atoms with Crippen LogP contribution in [0, 0.1) is 0 Å². The van der Waals surface area contributed by atoms with E-state index < -0.39 is 6.04 Å². The quantitative estimate of drug-likeness (QED) is 0.686. The summed E-state index contributed by atoms with van der Waals surface area (Å²) in [6.07, 6.45) is 1.66. The Bertz CT molecular complexity index is 1380. The summed E-state index contributed by atoms with van der Waals surface area (Å²) >= 11 is 1.25. The van der Waals surface area contributed by atoms with Crippen LogP contribution < -0.4 is 19.8 Å². The summed E-state index contributed by atoms with van der Waals surface area (Å²) in [5, 5.41) is 10.1. The van der Waals surface area contributed by atoms with Crippen molar-refractivity contribution in [2.75, 3.05) is 19.0 Å². The number of Topliss-reactive ketones (excluding diaryl/α,β-unsaturated/α-hetero) is 1. The fourth-order valence-electron chi connectivity index (χ4n) is 3.79. The molecule has 2 heterocycles. The molecular weight excluding hydrogens is 410 g/mol. The Hall–Kier alpha value is -3.45. The first-order valence-corrected chi connectivity index (χ1v) is 10.7. The van der Waals surface area contributed by atoms with Crippen molar-refractivity contribution in [3.8, 4) is 5.75 Å². The van der Waals surface area contributed by atoms with Gasteiger partial charge >= 0.3 is 0 Å². The normalized spacial score (nSPS) is 16.1. The zero-order valence-electron chi connectivity index (χ0n) is 17.8. The average Bonchev–Trinajstić information content (AvgIpc) is 3.03. The molecule has 1 aliphatic rings. The summed E-state index contributed by atoms with van der Waals surface area (Å²) in [7, 11) is 3.92. The lowest BCUT2D eigenvalue weighted by atomic mass is 9.93. The first kappa shape index (κ1) is 20.8. The van der Waals surface area contributed by atoms with Gasteiger partial charge < -0.3 is 10.0 Å². The lowest BCUT2D eigenvalue weighted by molar-refractivity contribution is -0.114. The maximum Gasteiger partial charge on any atom is 0.271 e. The van der Waals surface area contributed by atoms with E-state index in [2.05, 4.69) is 4.99 Å². The Morgan fingerprint density at radius 2 is 1.84 bits per heavy atom. The molecule has 0 fully saturated rings. The fourth-order valence-corrected chi connectivity index (χ4v) is 4.83. The molecule has 1 N–H and O–H groups in total. The molecule has 31 heavy (non-hydrogen) atoms. The summed E-state index contributed by atoms with van der Waals surface area (Å²) in [6, 6.07) is 14.2. The molecule has 7 heteroatoms. The van der Waals surface area contributed by atoms with E-state index in [9.17, 15) is 14.7 Å². The van der Waals surface area contributed by atoms with Crippen LogP contribution in [-0.2, 0) is 4.79 Å². The minimum Gasteiger partial charge on any atom is -0.507 e. The van der Waals surface area contributed by atoms with E-state index in [1.807, 2.05) is 43.3 Å². The number of carbonyl (C=O) groups is 1. The number of hydrogen-bond acceptors (Lipinski definition) is 6. The second-order valence-electron chi connectivity index (χ2n) is 7.68. The Kier molecular flexibility index (Phi) is 5.37. The van der Waals surface area contributed by atoms with Crippen molar-refractivity contribution in [1.82, 2.24) is 4.57 Å². The standard InChI is InChI=1S/C24H23N3O3S/c1-14-21(15(2)28)22(16-9-11-18(12-10-16)26(3)4)27-23(30)20(31-24(27)25-14)13-17-7-5-6-8-19(17)29/h5-13,22,29H,1-4H3/b20-13+/t22-/m0/s1. The van der Waals surface area contributed by atoms with Crippen LogP contribution in [0.15, 0.2) is 69.6 Å². The zero-order chi connectivity index (χ0) is 22.3. The molecule has 0 unspecified atom stereocenters. The molecule has 1 aromatic heterocycles. The molecule has 0 radical (unpaired) electrons. The van der Waals surface area contributed by atoms with E-state index in [0.29, 0.717) is 26.2 Å². The highest BCUT2D eigenvalue weighted by Crippen LogP contribution is 2.31. The second kappa shape index (κ2) is 8.00. The Balaban J connectivity index is 1.96. The van der Waals surface area contributed by atoms with Gasteiger partial charge in [-0.3, -0.25) is 14.2 Å². The van der Waals surface area contributed by atoms with E-state index in [4.69, 9.17) is 0 Å². The molecule has 1 atom stereocenters. The number of nitrogens with zero attached hydrogens (tertiary/aromatic N) is 3. The van der Waals surface area contributed by atoms with Crippen LogP contribution in [0.1, 0.15) is 31.0 Å². The molecule has 1 aliphatic heterocycles. The highest BCUT2D eigenvalue weighted by atomic mass is 32.1. The van der Waals surface area contributed by atoms with E-state index in [-0.39, 0.29) is 17.1 Å². The van der Waals surface area contributed by atoms with E-state index in [1.54, 1.807) is 41.8 Å². The van der Waals surface area contributed by atoms with Gasteiger partial charge in [-0.15, -0.1) is 0 Å². The van der Waals surface area contributed by atoms with E-state index in [1.165, 1.54) is 18.3 Å². The second-order valence-corrected chi connectivity index (χ2v) is 8.69. The van der Waals surface area contributed by atoms with Crippen molar-refractivity contribution < 1.29 is 9.90 Å². The van der Waals surface area contributed by atoms with Crippen LogP contribution >= 0.6 is 11.3 Å². The summed E-state index contributed by atoms with van der Waals surface area (Å²) in [5.41, 5.74) is 3.33. The van der Waals surface area contributed by atoms with Gasteiger partial charge in [0.1, 0.15) is 5.75 Å². The van der Waals surface area contributed by atoms with Gasteiger partial charge in [0.2, 0.25) is 0 Å². The largest absolute Gasteiger partial charge is 0.507 e. The highest BCUT2D eigenvalue weighted by Gasteiger charge is 2.30. The molecule has 3 aromatic rings. The lowest BCUT2D eigenvalue weighted by Crippen LogP contribution is -2.39. The Labute approximate surface area is 183 Å². The number of hydrogen-bond donors (Lipinski definition) is 1. The third kappa shape index (κ3) is 3.72. The first-order valence-electron chi connectivity index (χ1n) is 9.86. The van der Waals surface area contributed by atoms with Gasteiger partial charge in [-0.1, -0.05) is 41.7 Å². The molecule has 0 bridgehead atoms. The SMILES string of the molecule is CC(=O)C1=C(C)N=c2s/c(=C/c3ccccc3O)c(=O)n2[C@H]1c1ccc(N(C)C)cc1. The predicted octanol–water partition coefficient (Wildman–Crippen LogP) is 2.60. The number of phenols is 1. The van der Waals surface area contributed by atoms with Gasteiger partial charge in [0.15, 0.2) is 10.6 Å². The van der Waals surface area contributed by atoms with Crippen LogP contribution in [0.5, 0.6) is 5.75 Å². The number of aromatic nitrogens is 1. The Morgan fingerprint density at radius 3 is 2.45 bits per heavy atom. The molecule has 0 saturated heterocycles. The molecule has 4 rings (SSSR count). The number of para-hydroxylation sites is 1. The molecule has 0 saturated carbocycles. The van der Waals surface area contributed by atoms with Gasteiger partial charge in [0.25, 0.3) is 5.56 Å². The maximum atomic E-state index is 13.4. The number of phenolic OH excluding ortho intramolecular Hbond substituents is 1. The summed E-state index contributed by atoms with van der Waals surface area (Å²) in [6.45, 7) is 3.31. The van der Waals surface area contributed by atoms with Crippen LogP contribution in [0.3, 0.4) is 0 Å². The molecule has 2 aromatic carbocycles. The third-order valence-electron chi connectivity index (χ3n) is 5.35.